The molecule has 4 rings (SSSR count). The summed E-state index contributed by atoms with van der Waals surface area (Å²) < 4.78 is 1.77. The number of nitrogen functional groups attached to an aromatic ring is 1. The van der Waals surface area contributed by atoms with E-state index in [-0.39, 0.29) is 11.5 Å². The first-order valence-corrected chi connectivity index (χ1v) is 12.8. The van der Waals surface area contributed by atoms with Gasteiger partial charge < -0.3 is 20.7 Å². The molecule has 0 spiro atoms. The molecule has 2 aromatic heterocycles. The fourth-order valence-electron chi connectivity index (χ4n) is 4.59. The van der Waals surface area contributed by atoms with Gasteiger partial charge in [0.15, 0.2) is 0 Å². The van der Waals surface area contributed by atoms with E-state index < -0.39 is 17.6 Å². The van der Waals surface area contributed by atoms with E-state index in [1.807, 2.05) is 69.3 Å². The summed E-state index contributed by atoms with van der Waals surface area (Å²) in [4.78, 5) is 30.4. The van der Waals surface area contributed by atoms with Gasteiger partial charge in [-0.25, -0.2) is 9.78 Å². The number of amides is 1. The number of hydrogen-bond donors (Lipinski definition) is 3. The molecule has 0 radical (unpaired) electrons. The average Bonchev–Trinajstić information content (AvgIpc) is 3.25. The maximum Gasteiger partial charge on any atom is 0.405 e. The van der Waals surface area contributed by atoms with Crippen LogP contribution in [0.1, 0.15) is 46.4 Å². The number of aromatic nitrogens is 2. The molecule has 0 aliphatic rings. The van der Waals surface area contributed by atoms with E-state index >= 15 is 0 Å². The second-order valence-electron chi connectivity index (χ2n) is 10.5. The number of carboxylic acid groups (broad SMARTS) is 1. The molecule has 0 saturated heterocycles. The van der Waals surface area contributed by atoms with E-state index in [0.717, 1.165) is 27.1 Å². The molecule has 0 saturated carbocycles. The Bertz CT molecular complexity index is 1470. The van der Waals surface area contributed by atoms with Gasteiger partial charge >= 0.3 is 6.09 Å². The number of nitrogens with zero attached hydrogens (tertiary/aromatic N) is 2. The molecule has 2 heterocycles. The minimum absolute atomic E-state index is 0.139. The predicted molar refractivity (Wildman–Crippen MR) is 147 cm³/mol. The fraction of sp³-hybridized carbons (Fsp3) is 0.321. The molecule has 7 nitrogen and oxygen atoms in total. The minimum atomic E-state index is -1.13. The van der Waals surface area contributed by atoms with E-state index in [1.165, 1.54) is 11.3 Å². The highest BCUT2D eigenvalue weighted by Crippen LogP contribution is 2.42. The van der Waals surface area contributed by atoms with Crippen LogP contribution in [0.4, 0.5) is 10.6 Å². The standard InChI is InChI=1S/C28H32N4O3S/c1-16(2)14-32-23(24(28(3,4)5)31-27(34)35)22(17-9-7-6-8-10-17)20-13-18(11-12-19(20)26(32)33)25-30-21(29)15-36-25/h6-13,15-16,24,31H,14,29H2,1-5H3,(H,34,35). The molecule has 0 aliphatic carbocycles. The van der Waals surface area contributed by atoms with Crippen molar-refractivity contribution in [2.24, 2.45) is 11.3 Å². The summed E-state index contributed by atoms with van der Waals surface area (Å²) in [5.41, 5.74) is 8.50. The highest BCUT2D eigenvalue weighted by molar-refractivity contribution is 7.13. The SMILES string of the molecule is CC(C)Cn1c(C(NC(=O)O)C(C)(C)C)c(-c2ccccc2)c2cc(-c3nc(N)cs3)ccc2c1=O. The van der Waals surface area contributed by atoms with Gasteiger partial charge in [-0.2, -0.15) is 0 Å². The molecule has 2 aromatic carbocycles. The average molecular weight is 505 g/mol. The first-order valence-electron chi connectivity index (χ1n) is 11.9. The molecule has 1 unspecified atom stereocenters. The summed E-state index contributed by atoms with van der Waals surface area (Å²) in [6, 6.07) is 14.9. The number of nitrogens with one attached hydrogen (secondary N) is 1. The van der Waals surface area contributed by atoms with Crippen LogP contribution in [0.3, 0.4) is 0 Å². The van der Waals surface area contributed by atoms with Crippen molar-refractivity contribution in [1.29, 1.82) is 0 Å². The largest absolute Gasteiger partial charge is 0.465 e. The van der Waals surface area contributed by atoms with Gasteiger partial charge in [-0.05, 0) is 34.4 Å². The number of thiazole rings is 1. The third-order valence-corrected chi connectivity index (χ3v) is 7.01. The van der Waals surface area contributed by atoms with E-state index in [0.29, 0.717) is 23.4 Å². The van der Waals surface area contributed by atoms with E-state index in [9.17, 15) is 14.7 Å². The van der Waals surface area contributed by atoms with Crippen molar-refractivity contribution in [2.75, 3.05) is 5.73 Å². The zero-order valence-corrected chi connectivity index (χ0v) is 22.0. The lowest BCUT2D eigenvalue weighted by Gasteiger charge is -2.35. The predicted octanol–water partition coefficient (Wildman–Crippen LogP) is 6.39. The van der Waals surface area contributed by atoms with Gasteiger partial charge in [0.05, 0.1) is 11.7 Å². The van der Waals surface area contributed by atoms with Crippen LogP contribution in [0.25, 0.3) is 32.5 Å². The second kappa shape index (κ2) is 9.78. The van der Waals surface area contributed by atoms with Crippen LogP contribution in [-0.4, -0.2) is 20.8 Å². The molecule has 36 heavy (non-hydrogen) atoms. The molecule has 0 fully saturated rings. The van der Waals surface area contributed by atoms with Gasteiger partial charge in [0.2, 0.25) is 0 Å². The van der Waals surface area contributed by atoms with Crippen LogP contribution in [0.15, 0.2) is 58.7 Å². The summed E-state index contributed by atoms with van der Waals surface area (Å²) in [5, 5.41) is 16.4. The number of hydrogen-bond acceptors (Lipinski definition) is 5. The number of pyridine rings is 1. The van der Waals surface area contributed by atoms with Gasteiger partial charge in [-0.15, -0.1) is 11.3 Å². The van der Waals surface area contributed by atoms with Crippen molar-refractivity contribution in [2.45, 2.75) is 47.2 Å². The van der Waals surface area contributed by atoms with Crippen molar-refractivity contribution in [3.63, 3.8) is 0 Å². The van der Waals surface area contributed by atoms with Crippen LogP contribution >= 0.6 is 11.3 Å². The Hall–Kier alpha value is -3.65. The summed E-state index contributed by atoms with van der Waals surface area (Å²) in [6.07, 6.45) is -1.13. The molecule has 188 valence electrons. The first-order chi connectivity index (χ1) is 17.0. The van der Waals surface area contributed by atoms with Crippen molar-refractivity contribution in [3.05, 3.63) is 70.0 Å². The van der Waals surface area contributed by atoms with Crippen LogP contribution in [0.5, 0.6) is 0 Å². The van der Waals surface area contributed by atoms with Gasteiger partial charge in [0.1, 0.15) is 10.8 Å². The highest BCUT2D eigenvalue weighted by Gasteiger charge is 2.34. The van der Waals surface area contributed by atoms with E-state index in [4.69, 9.17) is 5.73 Å². The summed E-state index contributed by atoms with van der Waals surface area (Å²) in [5.74, 6) is 0.621. The monoisotopic (exact) mass is 504 g/mol. The number of fused-ring (bicyclic) bond motifs is 1. The number of anilines is 1. The maximum atomic E-state index is 14.0. The number of rotatable bonds is 6. The molecule has 8 heteroatoms. The topological polar surface area (TPSA) is 110 Å². The number of carbonyl (C=O) groups is 1. The Morgan fingerprint density at radius 1 is 1.11 bits per heavy atom. The summed E-state index contributed by atoms with van der Waals surface area (Å²) in [7, 11) is 0. The quantitative estimate of drug-likeness (QED) is 0.282. The fourth-order valence-corrected chi connectivity index (χ4v) is 5.30. The Kier molecular flexibility index (Phi) is 6.91. The summed E-state index contributed by atoms with van der Waals surface area (Å²) in [6.45, 7) is 10.5. The molecule has 4 aromatic rings. The van der Waals surface area contributed by atoms with Crippen molar-refractivity contribution >= 4 is 34.0 Å². The van der Waals surface area contributed by atoms with Gasteiger partial charge in [-0.3, -0.25) is 4.79 Å². The molecule has 4 N–H and O–H groups in total. The smallest absolute Gasteiger partial charge is 0.405 e. The van der Waals surface area contributed by atoms with Crippen LogP contribution in [0.2, 0.25) is 0 Å². The number of nitrogens with two attached hydrogens (primary N) is 1. The number of benzene rings is 2. The maximum absolute atomic E-state index is 14.0. The molecular formula is C28H32N4O3S. The third-order valence-electron chi connectivity index (χ3n) is 6.10. The Morgan fingerprint density at radius 2 is 1.81 bits per heavy atom. The highest BCUT2D eigenvalue weighted by atomic mass is 32.1. The van der Waals surface area contributed by atoms with Crippen molar-refractivity contribution in [3.8, 4) is 21.7 Å². The van der Waals surface area contributed by atoms with Crippen LogP contribution in [0, 0.1) is 11.3 Å². The van der Waals surface area contributed by atoms with E-state index in [2.05, 4.69) is 24.1 Å². The minimum Gasteiger partial charge on any atom is -0.465 e. The van der Waals surface area contributed by atoms with Gasteiger partial charge in [0, 0.05) is 28.4 Å². The lowest BCUT2D eigenvalue weighted by molar-refractivity contribution is 0.172. The first kappa shape index (κ1) is 25.4. The Balaban J connectivity index is 2.20. The lowest BCUT2D eigenvalue weighted by atomic mass is 9.80. The van der Waals surface area contributed by atoms with Crippen LogP contribution in [-0.2, 0) is 6.54 Å². The Labute approximate surface area is 214 Å². The third kappa shape index (κ3) is 4.99. The molecule has 1 atom stereocenters. The normalized spacial score (nSPS) is 12.7. The van der Waals surface area contributed by atoms with Crippen molar-refractivity contribution in [1.82, 2.24) is 14.9 Å². The molecule has 0 aliphatic heterocycles. The molecule has 1 amide bonds. The summed E-state index contributed by atoms with van der Waals surface area (Å²) >= 11 is 1.44. The van der Waals surface area contributed by atoms with Gasteiger partial charge in [0.25, 0.3) is 5.56 Å². The Morgan fingerprint density at radius 3 is 2.36 bits per heavy atom. The van der Waals surface area contributed by atoms with Crippen molar-refractivity contribution < 1.29 is 9.90 Å². The lowest BCUT2D eigenvalue weighted by Crippen LogP contribution is -2.40. The zero-order valence-electron chi connectivity index (χ0n) is 21.2. The molecular weight excluding hydrogens is 472 g/mol. The molecule has 0 bridgehead atoms. The second-order valence-corrected chi connectivity index (χ2v) is 11.4. The van der Waals surface area contributed by atoms with Crippen LogP contribution < -0.4 is 16.6 Å². The zero-order chi connectivity index (χ0) is 26.2. The van der Waals surface area contributed by atoms with E-state index in [1.54, 1.807) is 9.95 Å². The van der Waals surface area contributed by atoms with Gasteiger partial charge in [-0.1, -0.05) is 71.0 Å².